The Morgan fingerprint density at radius 3 is 2.16 bits per heavy atom. The fourth-order valence-electron chi connectivity index (χ4n) is 2.32. The van der Waals surface area contributed by atoms with E-state index >= 15 is 0 Å². The highest BCUT2D eigenvalue weighted by Crippen LogP contribution is 2.17. The zero-order chi connectivity index (χ0) is 18.9. The van der Waals surface area contributed by atoms with Crippen LogP contribution in [0.1, 0.15) is 24.8 Å². The Labute approximate surface area is 145 Å². The smallest absolute Gasteiger partial charge is 0.354 e. The molecule has 140 valence electrons. The van der Waals surface area contributed by atoms with Gasteiger partial charge in [-0.15, -0.1) is 0 Å². The van der Waals surface area contributed by atoms with Gasteiger partial charge < -0.3 is 10.6 Å². The van der Waals surface area contributed by atoms with Crippen molar-refractivity contribution in [2.45, 2.75) is 25.4 Å². The number of carbonyl (C=O) groups excluding carboxylic acids is 2. The van der Waals surface area contributed by atoms with Gasteiger partial charge in [0.15, 0.2) is 0 Å². The molecule has 2 N–H and O–H groups in total. The van der Waals surface area contributed by atoms with E-state index in [1.165, 1.54) is 11.9 Å². The number of hydrogen-bond donors (Lipinski definition) is 2. The quantitative estimate of drug-likeness (QED) is 0.708. The zero-order valence-corrected chi connectivity index (χ0v) is 14.4. The number of amides is 2. The first-order valence-electron chi connectivity index (χ1n) is 8.05. The van der Waals surface area contributed by atoms with E-state index in [0.717, 1.165) is 12.0 Å². The Kier molecular flexibility index (Phi) is 8.40. The van der Waals surface area contributed by atoms with Gasteiger partial charge in [0.1, 0.15) is 6.54 Å². The summed E-state index contributed by atoms with van der Waals surface area (Å²) in [5, 5.41) is 4.57. The molecule has 1 atom stereocenters. The maximum absolute atomic E-state index is 12.0. The van der Waals surface area contributed by atoms with Crippen LogP contribution in [-0.2, 0) is 9.59 Å². The summed E-state index contributed by atoms with van der Waals surface area (Å²) in [6.45, 7) is 0.777. The maximum Gasteiger partial charge on any atom is 0.405 e. The van der Waals surface area contributed by atoms with E-state index in [1.807, 2.05) is 37.3 Å². The summed E-state index contributed by atoms with van der Waals surface area (Å²) in [4.78, 5) is 24.7. The second kappa shape index (κ2) is 10.0. The molecule has 0 aromatic heterocycles. The molecule has 1 aromatic rings. The number of benzene rings is 1. The predicted octanol–water partition coefficient (Wildman–Crippen LogP) is 1.91. The molecule has 1 unspecified atom stereocenters. The molecule has 0 aliphatic carbocycles. The van der Waals surface area contributed by atoms with Crippen molar-refractivity contribution in [3.8, 4) is 0 Å². The molecular formula is C17H24F3N3O2. The fourth-order valence-corrected chi connectivity index (χ4v) is 2.32. The van der Waals surface area contributed by atoms with Crippen LogP contribution >= 0.6 is 0 Å². The average molecular weight is 359 g/mol. The summed E-state index contributed by atoms with van der Waals surface area (Å²) >= 11 is 0. The number of hydrogen-bond acceptors (Lipinski definition) is 3. The average Bonchev–Trinajstić information content (AvgIpc) is 2.53. The van der Waals surface area contributed by atoms with E-state index in [1.54, 1.807) is 5.32 Å². The highest BCUT2D eigenvalue weighted by molar-refractivity contribution is 5.81. The monoisotopic (exact) mass is 359 g/mol. The fraction of sp³-hybridized carbons (Fsp3) is 0.529. The first-order chi connectivity index (χ1) is 11.7. The molecule has 8 heteroatoms. The van der Waals surface area contributed by atoms with Gasteiger partial charge in [-0.1, -0.05) is 37.3 Å². The number of carbonyl (C=O) groups is 2. The lowest BCUT2D eigenvalue weighted by atomic mass is 9.96. The van der Waals surface area contributed by atoms with Gasteiger partial charge in [0.2, 0.25) is 11.8 Å². The summed E-state index contributed by atoms with van der Waals surface area (Å²) in [6.07, 6.45) is -3.59. The SMILES string of the molecule is CCC(CNC(=O)CN(C)CC(=O)NCC(F)(F)F)c1ccccc1. The molecule has 0 aliphatic heterocycles. The maximum atomic E-state index is 12.0. The Morgan fingerprint density at radius 2 is 1.64 bits per heavy atom. The van der Waals surface area contributed by atoms with Crippen LogP contribution in [0.15, 0.2) is 30.3 Å². The molecule has 0 radical (unpaired) electrons. The zero-order valence-electron chi connectivity index (χ0n) is 14.4. The standard InChI is InChI=1S/C17H24F3N3O2/c1-3-13(14-7-5-4-6-8-14)9-21-15(24)10-23(2)11-16(25)22-12-17(18,19)20/h4-8,13H,3,9-12H2,1-2H3,(H,21,24)(H,22,25). The molecule has 0 saturated carbocycles. The van der Waals surface area contributed by atoms with Gasteiger partial charge in [-0.3, -0.25) is 14.5 Å². The van der Waals surface area contributed by atoms with Gasteiger partial charge in [-0.25, -0.2) is 0 Å². The highest BCUT2D eigenvalue weighted by atomic mass is 19.4. The van der Waals surface area contributed by atoms with E-state index in [-0.39, 0.29) is 24.9 Å². The van der Waals surface area contributed by atoms with Crippen LogP contribution in [0.5, 0.6) is 0 Å². The van der Waals surface area contributed by atoms with E-state index in [4.69, 9.17) is 0 Å². The summed E-state index contributed by atoms with van der Waals surface area (Å²) < 4.78 is 36.1. The molecule has 1 rings (SSSR count). The molecule has 0 spiro atoms. The summed E-state index contributed by atoms with van der Waals surface area (Å²) in [5.41, 5.74) is 1.13. The molecule has 1 aromatic carbocycles. The van der Waals surface area contributed by atoms with Crippen LogP contribution in [-0.4, -0.2) is 56.1 Å². The van der Waals surface area contributed by atoms with Crippen LogP contribution in [0.4, 0.5) is 13.2 Å². The van der Waals surface area contributed by atoms with Crippen molar-refractivity contribution in [1.29, 1.82) is 0 Å². The van der Waals surface area contributed by atoms with Crippen LogP contribution < -0.4 is 10.6 Å². The minimum absolute atomic E-state index is 0.0648. The van der Waals surface area contributed by atoms with Crippen molar-refractivity contribution in [3.05, 3.63) is 35.9 Å². The van der Waals surface area contributed by atoms with Gasteiger partial charge in [0.05, 0.1) is 13.1 Å². The number of likely N-dealkylation sites (N-methyl/N-ethyl adjacent to an activating group) is 1. The molecule has 0 heterocycles. The lowest BCUT2D eigenvalue weighted by molar-refractivity contribution is -0.139. The minimum Gasteiger partial charge on any atom is -0.354 e. The minimum atomic E-state index is -4.45. The first kappa shape index (κ1) is 21.0. The Balaban J connectivity index is 2.34. The predicted molar refractivity (Wildman–Crippen MR) is 89.0 cm³/mol. The number of nitrogens with zero attached hydrogens (tertiary/aromatic N) is 1. The van der Waals surface area contributed by atoms with Gasteiger partial charge in [-0.2, -0.15) is 13.2 Å². The van der Waals surface area contributed by atoms with Gasteiger partial charge in [-0.05, 0) is 19.0 Å². The molecule has 0 saturated heterocycles. The van der Waals surface area contributed by atoms with Crippen LogP contribution in [0.2, 0.25) is 0 Å². The van der Waals surface area contributed by atoms with E-state index in [2.05, 4.69) is 5.32 Å². The first-order valence-corrected chi connectivity index (χ1v) is 8.05. The topological polar surface area (TPSA) is 61.4 Å². The summed E-state index contributed by atoms with van der Waals surface area (Å²) in [7, 11) is 1.50. The largest absolute Gasteiger partial charge is 0.405 e. The number of halogens is 3. The molecular weight excluding hydrogens is 335 g/mol. The molecule has 2 amide bonds. The van der Waals surface area contributed by atoms with Crippen LogP contribution in [0.25, 0.3) is 0 Å². The van der Waals surface area contributed by atoms with Gasteiger partial charge >= 0.3 is 6.18 Å². The Hall–Kier alpha value is -2.09. The normalized spacial score (nSPS) is 12.7. The van der Waals surface area contributed by atoms with Crippen molar-refractivity contribution >= 4 is 11.8 Å². The molecule has 0 aliphatic rings. The highest BCUT2D eigenvalue weighted by Gasteiger charge is 2.27. The van der Waals surface area contributed by atoms with E-state index in [0.29, 0.717) is 6.54 Å². The number of nitrogens with one attached hydrogen (secondary N) is 2. The van der Waals surface area contributed by atoms with E-state index in [9.17, 15) is 22.8 Å². The molecule has 25 heavy (non-hydrogen) atoms. The van der Waals surface area contributed by atoms with Crippen LogP contribution in [0, 0.1) is 0 Å². The Bertz CT molecular complexity index is 550. The number of alkyl halides is 3. The molecule has 0 bridgehead atoms. The summed E-state index contributed by atoms with van der Waals surface area (Å²) in [6, 6.07) is 9.79. The molecule has 0 fully saturated rings. The van der Waals surface area contributed by atoms with Crippen molar-refractivity contribution < 1.29 is 22.8 Å². The lowest BCUT2D eigenvalue weighted by Gasteiger charge is -2.19. The number of rotatable bonds is 9. The second-order valence-electron chi connectivity index (χ2n) is 5.88. The van der Waals surface area contributed by atoms with Crippen molar-refractivity contribution in [2.75, 3.05) is 33.2 Å². The molecule has 5 nitrogen and oxygen atoms in total. The Morgan fingerprint density at radius 1 is 1.08 bits per heavy atom. The third kappa shape index (κ3) is 9.09. The van der Waals surface area contributed by atoms with Crippen LogP contribution in [0.3, 0.4) is 0 Å². The third-order valence-corrected chi connectivity index (χ3v) is 3.62. The summed E-state index contributed by atoms with van der Waals surface area (Å²) in [5.74, 6) is -0.866. The lowest BCUT2D eigenvalue weighted by Crippen LogP contribution is -2.43. The van der Waals surface area contributed by atoms with Gasteiger partial charge in [0.25, 0.3) is 0 Å². The van der Waals surface area contributed by atoms with Crippen molar-refractivity contribution in [3.63, 3.8) is 0 Å². The van der Waals surface area contributed by atoms with Crippen molar-refractivity contribution in [2.24, 2.45) is 0 Å². The third-order valence-electron chi connectivity index (χ3n) is 3.62. The van der Waals surface area contributed by atoms with E-state index < -0.39 is 18.6 Å². The second-order valence-corrected chi connectivity index (χ2v) is 5.88. The van der Waals surface area contributed by atoms with Gasteiger partial charge in [0, 0.05) is 12.5 Å². The van der Waals surface area contributed by atoms with Crippen molar-refractivity contribution in [1.82, 2.24) is 15.5 Å².